The standard InChI is InChI=1S/C15H22N2S2/c1-4-5-8-16-10-13-14(11(2)3)17-15(19-13)12-7-6-9-18-12/h6-7,9,11,16H,4-5,8,10H2,1-3H3. The van der Waals surface area contributed by atoms with Gasteiger partial charge in [0.2, 0.25) is 0 Å². The van der Waals surface area contributed by atoms with Crippen LogP contribution in [0.5, 0.6) is 0 Å². The van der Waals surface area contributed by atoms with Gasteiger partial charge in [0.25, 0.3) is 0 Å². The highest BCUT2D eigenvalue weighted by molar-refractivity contribution is 7.21. The van der Waals surface area contributed by atoms with Crippen molar-refractivity contribution in [1.82, 2.24) is 10.3 Å². The van der Waals surface area contributed by atoms with Crippen LogP contribution in [-0.2, 0) is 6.54 Å². The van der Waals surface area contributed by atoms with Crippen LogP contribution in [0.1, 0.15) is 50.1 Å². The molecule has 0 bridgehead atoms. The third kappa shape index (κ3) is 3.88. The molecule has 0 spiro atoms. The molecule has 0 aliphatic carbocycles. The molecule has 104 valence electrons. The van der Waals surface area contributed by atoms with Gasteiger partial charge in [0.1, 0.15) is 5.01 Å². The van der Waals surface area contributed by atoms with E-state index >= 15 is 0 Å². The third-order valence-corrected chi connectivity index (χ3v) is 5.11. The average Bonchev–Trinajstić information content (AvgIpc) is 3.03. The van der Waals surface area contributed by atoms with Gasteiger partial charge in [0, 0.05) is 11.4 Å². The van der Waals surface area contributed by atoms with E-state index in [1.54, 1.807) is 11.3 Å². The van der Waals surface area contributed by atoms with Crippen LogP contribution in [0.2, 0.25) is 0 Å². The lowest BCUT2D eigenvalue weighted by molar-refractivity contribution is 0.639. The van der Waals surface area contributed by atoms with Gasteiger partial charge in [-0.2, -0.15) is 0 Å². The van der Waals surface area contributed by atoms with Crippen molar-refractivity contribution in [3.05, 3.63) is 28.1 Å². The molecule has 1 N–H and O–H groups in total. The van der Waals surface area contributed by atoms with Crippen molar-refractivity contribution < 1.29 is 0 Å². The fraction of sp³-hybridized carbons (Fsp3) is 0.533. The van der Waals surface area contributed by atoms with E-state index in [2.05, 4.69) is 43.6 Å². The molecule has 0 unspecified atom stereocenters. The molecule has 2 aromatic rings. The van der Waals surface area contributed by atoms with Gasteiger partial charge in [-0.3, -0.25) is 0 Å². The van der Waals surface area contributed by atoms with Crippen LogP contribution in [-0.4, -0.2) is 11.5 Å². The quantitative estimate of drug-likeness (QED) is 0.736. The first-order valence-corrected chi connectivity index (χ1v) is 8.66. The number of unbranched alkanes of at least 4 members (excludes halogenated alkanes) is 1. The summed E-state index contributed by atoms with van der Waals surface area (Å²) in [5, 5.41) is 6.82. The van der Waals surface area contributed by atoms with Gasteiger partial charge in [0.15, 0.2) is 0 Å². The molecule has 0 aliphatic rings. The second-order valence-corrected chi connectivity index (χ2v) is 7.02. The molecule has 0 fully saturated rings. The maximum absolute atomic E-state index is 4.84. The smallest absolute Gasteiger partial charge is 0.133 e. The average molecular weight is 294 g/mol. The fourth-order valence-corrected chi connectivity index (χ4v) is 3.93. The summed E-state index contributed by atoms with van der Waals surface area (Å²) in [6.07, 6.45) is 2.49. The predicted molar refractivity (Wildman–Crippen MR) is 86.1 cm³/mol. The minimum absolute atomic E-state index is 0.493. The fourth-order valence-electron chi connectivity index (χ4n) is 1.95. The zero-order valence-electron chi connectivity index (χ0n) is 11.9. The van der Waals surface area contributed by atoms with Gasteiger partial charge in [-0.05, 0) is 30.3 Å². The molecule has 0 saturated carbocycles. The number of hydrogen-bond donors (Lipinski definition) is 1. The Bertz CT molecular complexity index is 486. The SMILES string of the molecule is CCCCNCc1sc(-c2cccs2)nc1C(C)C. The summed E-state index contributed by atoms with van der Waals surface area (Å²) in [5.41, 5.74) is 1.26. The maximum Gasteiger partial charge on any atom is 0.133 e. The lowest BCUT2D eigenvalue weighted by Crippen LogP contribution is -2.14. The Morgan fingerprint density at radius 2 is 2.21 bits per heavy atom. The Morgan fingerprint density at radius 1 is 1.37 bits per heavy atom. The molecule has 0 atom stereocenters. The number of aromatic nitrogens is 1. The van der Waals surface area contributed by atoms with Crippen LogP contribution in [0.3, 0.4) is 0 Å². The van der Waals surface area contributed by atoms with Crippen molar-refractivity contribution in [1.29, 1.82) is 0 Å². The molecule has 0 aromatic carbocycles. The van der Waals surface area contributed by atoms with Crippen LogP contribution < -0.4 is 5.32 Å². The lowest BCUT2D eigenvalue weighted by Gasteiger charge is -2.06. The number of hydrogen-bond acceptors (Lipinski definition) is 4. The van der Waals surface area contributed by atoms with Gasteiger partial charge in [-0.25, -0.2) is 4.98 Å². The van der Waals surface area contributed by atoms with Crippen LogP contribution in [0, 0.1) is 0 Å². The highest BCUT2D eigenvalue weighted by atomic mass is 32.1. The van der Waals surface area contributed by atoms with E-state index in [9.17, 15) is 0 Å². The molecule has 0 amide bonds. The number of nitrogens with zero attached hydrogens (tertiary/aromatic N) is 1. The van der Waals surface area contributed by atoms with E-state index in [-0.39, 0.29) is 0 Å². The highest BCUT2D eigenvalue weighted by Crippen LogP contribution is 2.33. The highest BCUT2D eigenvalue weighted by Gasteiger charge is 2.15. The largest absolute Gasteiger partial charge is 0.312 e. The predicted octanol–water partition coefficient (Wildman–Crippen LogP) is 4.88. The first-order chi connectivity index (χ1) is 9.22. The molecule has 2 heterocycles. The van der Waals surface area contributed by atoms with E-state index < -0.39 is 0 Å². The molecule has 0 radical (unpaired) electrons. The van der Waals surface area contributed by atoms with Gasteiger partial charge < -0.3 is 5.32 Å². The number of thiophene rings is 1. The van der Waals surface area contributed by atoms with Crippen molar-refractivity contribution in [2.24, 2.45) is 0 Å². The van der Waals surface area contributed by atoms with Crippen LogP contribution in [0.4, 0.5) is 0 Å². The van der Waals surface area contributed by atoms with Crippen LogP contribution in [0.15, 0.2) is 17.5 Å². The monoisotopic (exact) mass is 294 g/mol. The first kappa shape index (κ1) is 14.7. The Morgan fingerprint density at radius 3 is 2.84 bits per heavy atom. The van der Waals surface area contributed by atoms with Crippen molar-refractivity contribution in [2.75, 3.05) is 6.54 Å². The minimum atomic E-state index is 0.493. The summed E-state index contributed by atoms with van der Waals surface area (Å²) in [6, 6.07) is 4.25. The van der Waals surface area contributed by atoms with E-state index in [0.29, 0.717) is 5.92 Å². The Balaban J connectivity index is 2.12. The van der Waals surface area contributed by atoms with E-state index in [0.717, 1.165) is 13.1 Å². The summed E-state index contributed by atoms with van der Waals surface area (Å²) < 4.78 is 0. The molecule has 0 saturated heterocycles. The zero-order chi connectivity index (χ0) is 13.7. The van der Waals surface area contributed by atoms with Crippen molar-refractivity contribution in [3.63, 3.8) is 0 Å². The molecule has 19 heavy (non-hydrogen) atoms. The molecule has 2 aromatic heterocycles. The summed E-state index contributed by atoms with van der Waals surface area (Å²) in [5.74, 6) is 0.493. The minimum Gasteiger partial charge on any atom is -0.312 e. The topological polar surface area (TPSA) is 24.9 Å². The van der Waals surface area contributed by atoms with Crippen molar-refractivity contribution in [3.8, 4) is 9.88 Å². The molecular formula is C15H22N2S2. The molecule has 2 rings (SSSR count). The Hall–Kier alpha value is -0.710. The Labute approximate surface area is 123 Å². The summed E-state index contributed by atoms with van der Waals surface area (Å²) in [7, 11) is 0. The maximum atomic E-state index is 4.84. The molecule has 2 nitrogen and oxygen atoms in total. The summed E-state index contributed by atoms with van der Waals surface area (Å²) in [6.45, 7) is 8.73. The summed E-state index contributed by atoms with van der Waals surface area (Å²) >= 11 is 3.61. The number of rotatable bonds is 7. The molecule has 4 heteroatoms. The zero-order valence-corrected chi connectivity index (χ0v) is 13.5. The van der Waals surface area contributed by atoms with E-state index in [1.165, 1.54) is 33.3 Å². The van der Waals surface area contributed by atoms with Gasteiger partial charge in [0.05, 0.1) is 10.6 Å². The van der Waals surface area contributed by atoms with E-state index in [1.807, 2.05) is 11.3 Å². The van der Waals surface area contributed by atoms with Gasteiger partial charge in [-0.15, -0.1) is 22.7 Å². The number of thiazole rings is 1. The second kappa shape index (κ2) is 7.17. The van der Waals surface area contributed by atoms with Gasteiger partial charge >= 0.3 is 0 Å². The number of nitrogens with one attached hydrogen (secondary N) is 1. The second-order valence-electron chi connectivity index (χ2n) is 4.99. The van der Waals surface area contributed by atoms with Crippen LogP contribution >= 0.6 is 22.7 Å². The van der Waals surface area contributed by atoms with Gasteiger partial charge in [-0.1, -0.05) is 33.3 Å². The first-order valence-electron chi connectivity index (χ1n) is 6.96. The van der Waals surface area contributed by atoms with E-state index in [4.69, 9.17) is 4.98 Å². The summed E-state index contributed by atoms with van der Waals surface area (Å²) in [4.78, 5) is 7.52. The van der Waals surface area contributed by atoms with Crippen molar-refractivity contribution >= 4 is 22.7 Å². The molecular weight excluding hydrogens is 272 g/mol. The third-order valence-electron chi connectivity index (χ3n) is 3.00. The molecule has 0 aliphatic heterocycles. The van der Waals surface area contributed by atoms with Crippen molar-refractivity contribution in [2.45, 2.75) is 46.1 Å². The normalized spacial score (nSPS) is 11.4. The Kier molecular flexibility index (Phi) is 5.55. The lowest BCUT2D eigenvalue weighted by atomic mass is 10.1. The van der Waals surface area contributed by atoms with Crippen LogP contribution in [0.25, 0.3) is 9.88 Å².